The molecule has 0 fully saturated rings. The van der Waals surface area contributed by atoms with Crippen LogP contribution in [0.5, 0.6) is 5.75 Å². The summed E-state index contributed by atoms with van der Waals surface area (Å²) >= 11 is 2.71. The molecule has 3 amide bonds. The molecule has 204 valence electrons. The Kier molecular flexibility index (Phi) is 10.1. The number of thiazole rings is 1. The average Bonchev–Trinajstić information content (AvgIpc) is 3.47. The summed E-state index contributed by atoms with van der Waals surface area (Å²) in [5.74, 6) is -0.353. The van der Waals surface area contributed by atoms with E-state index in [0.717, 1.165) is 4.90 Å². The minimum Gasteiger partial charge on any atom is -0.494 e. The first-order chi connectivity index (χ1) is 19.4. The molecule has 0 spiro atoms. The molecule has 0 saturated heterocycles. The molecule has 0 aliphatic carbocycles. The maximum absolute atomic E-state index is 13.4. The van der Waals surface area contributed by atoms with Crippen LogP contribution in [-0.4, -0.2) is 34.6 Å². The number of carbonyl (C=O) groups is 3. The Morgan fingerprint density at radius 3 is 2.48 bits per heavy atom. The third-order valence-electron chi connectivity index (χ3n) is 5.47. The van der Waals surface area contributed by atoms with Crippen molar-refractivity contribution in [3.63, 3.8) is 0 Å². The van der Waals surface area contributed by atoms with Crippen LogP contribution in [0.2, 0.25) is 0 Å². The first-order valence-electron chi connectivity index (χ1n) is 12.5. The number of rotatable bonds is 11. The van der Waals surface area contributed by atoms with Crippen LogP contribution in [-0.2, 0) is 9.59 Å². The fourth-order valence-corrected chi connectivity index (χ4v) is 4.99. The Bertz CT molecular complexity index is 1470. The zero-order valence-electron chi connectivity index (χ0n) is 21.9. The van der Waals surface area contributed by atoms with Crippen molar-refractivity contribution in [2.45, 2.75) is 24.0 Å². The number of hydrogen-bond donors (Lipinski definition) is 3. The van der Waals surface area contributed by atoms with Crippen LogP contribution in [0, 0.1) is 0 Å². The number of nitrogens with zero attached hydrogens (tertiary/aromatic N) is 1. The van der Waals surface area contributed by atoms with Crippen LogP contribution < -0.4 is 20.7 Å². The van der Waals surface area contributed by atoms with E-state index in [1.165, 1.54) is 23.1 Å². The molecule has 0 radical (unpaired) electrons. The summed E-state index contributed by atoms with van der Waals surface area (Å²) in [6, 6.07) is 23.1. The monoisotopic (exact) mass is 572 g/mol. The first-order valence-corrected chi connectivity index (χ1v) is 14.3. The summed E-state index contributed by atoms with van der Waals surface area (Å²) in [5.41, 5.74) is 1.74. The van der Waals surface area contributed by atoms with Crippen molar-refractivity contribution in [3.05, 3.63) is 107 Å². The molecule has 1 unspecified atom stereocenters. The van der Waals surface area contributed by atoms with Gasteiger partial charge in [0.2, 0.25) is 5.91 Å². The summed E-state index contributed by atoms with van der Waals surface area (Å²) < 4.78 is 5.49. The molecule has 1 atom stereocenters. The Morgan fingerprint density at radius 1 is 1.00 bits per heavy atom. The van der Waals surface area contributed by atoms with Gasteiger partial charge >= 0.3 is 0 Å². The second-order valence-corrected chi connectivity index (χ2v) is 10.8. The van der Waals surface area contributed by atoms with Gasteiger partial charge in [0.1, 0.15) is 11.4 Å². The first kappa shape index (κ1) is 28.6. The summed E-state index contributed by atoms with van der Waals surface area (Å²) in [5, 5.41) is 10.3. The molecule has 40 heavy (non-hydrogen) atoms. The second kappa shape index (κ2) is 14.1. The van der Waals surface area contributed by atoms with E-state index >= 15 is 0 Å². The van der Waals surface area contributed by atoms with Gasteiger partial charge in [-0.1, -0.05) is 36.4 Å². The largest absolute Gasteiger partial charge is 0.494 e. The third kappa shape index (κ3) is 8.29. The van der Waals surface area contributed by atoms with Crippen molar-refractivity contribution in [2.75, 3.05) is 17.2 Å². The number of aromatic nitrogens is 1. The molecule has 10 heteroatoms. The molecule has 3 N–H and O–H groups in total. The van der Waals surface area contributed by atoms with Gasteiger partial charge in [-0.25, -0.2) is 4.98 Å². The molecular weight excluding hydrogens is 544 g/mol. The van der Waals surface area contributed by atoms with Crippen molar-refractivity contribution in [1.82, 2.24) is 10.3 Å². The van der Waals surface area contributed by atoms with E-state index in [2.05, 4.69) is 20.9 Å². The van der Waals surface area contributed by atoms with Crippen LogP contribution in [0.4, 0.5) is 10.8 Å². The Balaban J connectivity index is 1.49. The molecule has 0 aliphatic rings. The standard InChI is InChI=1S/C30H28N4O4S2/c1-3-38-24-14-12-21(13-15-24)18-26(33-28(36)22-8-5-4-6-9-22)29(37)32-23-10-7-11-25(19-23)40-20(2)27(35)34-30-31-16-17-39-30/h4-20H,3H2,1-2H3,(H,32,37)(H,33,36)(H,31,34,35)/b26-18+. The van der Waals surface area contributed by atoms with E-state index in [9.17, 15) is 14.4 Å². The number of thioether (sulfide) groups is 1. The lowest BCUT2D eigenvalue weighted by Gasteiger charge is -2.14. The maximum atomic E-state index is 13.4. The topological polar surface area (TPSA) is 109 Å². The Hall–Kier alpha value is -4.41. The lowest BCUT2D eigenvalue weighted by atomic mass is 10.1. The summed E-state index contributed by atoms with van der Waals surface area (Å²) in [6.07, 6.45) is 3.24. The lowest BCUT2D eigenvalue weighted by Crippen LogP contribution is -2.30. The molecule has 1 heterocycles. The number of benzene rings is 3. The van der Waals surface area contributed by atoms with Gasteiger partial charge < -0.3 is 20.7 Å². The average molecular weight is 573 g/mol. The van der Waals surface area contributed by atoms with E-state index < -0.39 is 17.1 Å². The van der Waals surface area contributed by atoms with Crippen molar-refractivity contribution >= 4 is 57.7 Å². The number of anilines is 2. The summed E-state index contributed by atoms with van der Waals surface area (Å²) in [4.78, 5) is 43.7. The van der Waals surface area contributed by atoms with Crippen LogP contribution in [0.1, 0.15) is 29.8 Å². The van der Waals surface area contributed by atoms with Gasteiger partial charge in [0, 0.05) is 27.7 Å². The molecular formula is C30H28N4O4S2. The highest BCUT2D eigenvalue weighted by Crippen LogP contribution is 2.27. The van der Waals surface area contributed by atoms with Crippen LogP contribution in [0.15, 0.2) is 101 Å². The zero-order valence-corrected chi connectivity index (χ0v) is 23.6. The van der Waals surface area contributed by atoms with Gasteiger partial charge in [-0.15, -0.1) is 23.1 Å². The molecule has 3 aromatic carbocycles. The van der Waals surface area contributed by atoms with Crippen LogP contribution in [0.25, 0.3) is 6.08 Å². The van der Waals surface area contributed by atoms with Gasteiger partial charge in [-0.05, 0) is 68.0 Å². The van der Waals surface area contributed by atoms with E-state index in [1.54, 1.807) is 79.2 Å². The van der Waals surface area contributed by atoms with Gasteiger partial charge in [0.15, 0.2) is 5.13 Å². The molecule has 0 aliphatic heterocycles. The van der Waals surface area contributed by atoms with Gasteiger partial charge in [-0.3, -0.25) is 14.4 Å². The summed E-state index contributed by atoms with van der Waals surface area (Å²) in [6.45, 7) is 4.25. The molecule has 0 bridgehead atoms. The van der Waals surface area contributed by atoms with Crippen molar-refractivity contribution in [3.8, 4) is 5.75 Å². The Labute approximate surface area is 240 Å². The molecule has 4 rings (SSSR count). The quantitative estimate of drug-likeness (QED) is 0.149. The molecule has 0 saturated carbocycles. The number of ether oxygens (including phenoxy) is 1. The molecule has 4 aromatic rings. The normalized spacial score (nSPS) is 11.8. The van der Waals surface area contributed by atoms with E-state index in [4.69, 9.17) is 4.74 Å². The summed E-state index contributed by atoms with van der Waals surface area (Å²) in [7, 11) is 0. The highest BCUT2D eigenvalue weighted by Gasteiger charge is 2.18. The van der Waals surface area contributed by atoms with Crippen molar-refractivity contribution in [1.29, 1.82) is 0 Å². The van der Waals surface area contributed by atoms with E-state index in [-0.39, 0.29) is 11.6 Å². The van der Waals surface area contributed by atoms with Crippen molar-refractivity contribution < 1.29 is 19.1 Å². The van der Waals surface area contributed by atoms with Crippen LogP contribution >= 0.6 is 23.1 Å². The van der Waals surface area contributed by atoms with Gasteiger partial charge in [0.05, 0.1) is 11.9 Å². The molecule has 8 nitrogen and oxygen atoms in total. The van der Waals surface area contributed by atoms with Gasteiger partial charge in [0.25, 0.3) is 11.8 Å². The van der Waals surface area contributed by atoms with Crippen LogP contribution in [0.3, 0.4) is 0 Å². The number of amides is 3. The highest BCUT2D eigenvalue weighted by molar-refractivity contribution is 8.00. The third-order valence-corrected chi connectivity index (χ3v) is 7.25. The number of nitrogens with one attached hydrogen (secondary N) is 3. The fraction of sp³-hybridized carbons (Fsp3) is 0.133. The predicted molar refractivity (Wildman–Crippen MR) is 161 cm³/mol. The fourth-order valence-electron chi connectivity index (χ4n) is 3.53. The SMILES string of the molecule is CCOc1ccc(/C=C(/NC(=O)c2ccccc2)C(=O)Nc2cccc(SC(C)C(=O)Nc3nccs3)c2)cc1. The van der Waals surface area contributed by atoms with E-state index in [0.29, 0.717) is 34.3 Å². The predicted octanol–water partition coefficient (Wildman–Crippen LogP) is 6.07. The smallest absolute Gasteiger partial charge is 0.272 e. The highest BCUT2D eigenvalue weighted by atomic mass is 32.2. The van der Waals surface area contributed by atoms with Crippen molar-refractivity contribution in [2.24, 2.45) is 0 Å². The number of hydrogen-bond acceptors (Lipinski definition) is 7. The van der Waals surface area contributed by atoms with E-state index in [1.807, 2.05) is 31.2 Å². The second-order valence-electron chi connectivity index (χ2n) is 8.45. The Morgan fingerprint density at radius 2 is 1.77 bits per heavy atom. The minimum absolute atomic E-state index is 0.0762. The molecule has 1 aromatic heterocycles. The zero-order chi connectivity index (χ0) is 28.3. The lowest BCUT2D eigenvalue weighted by molar-refractivity contribution is -0.115. The maximum Gasteiger partial charge on any atom is 0.272 e. The van der Waals surface area contributed by atoms with Gasteiger partial charge in [-0.2, -0.15) is 0 Å². The minimum atomic E-state index is -0.491. The number of carbonyl (C=O) groups excluding carboxylic acids is 3.